The molecule has 0 aliphatic heterocycles. The SMILES string of the molecule is CC1(C)c2ccccc2-c2ccc(N(c3ccc(-c4ccc(-c5c(-c6ccccc6)c6c7ccccc7oc6c6ccccc56)cc4)cc3)c3ccc4c(c3)C(C)(C)c3ccccc3-4)cc21. The maximum atomic E-state index is 6.66. The summed E-state index contributed by atoms with van der Waals surface area (Å²) in [5, 5.41) is 4.59. The topological polar surface area (TPSA) is 16.4 Å². The van der Waals surface area contributed by atoms with Crippen LogP contribution in [0.2, 0.25) is 0 Å². The van der Waals surface area contributed by atoms with E-state index in [9.17, 15) is 0 Å². The van der Waals surface area contributed by atoms with Gasteiger partial charge in [0.15, 0.2) is 0 Å². The number of nitrogens with zero attached hydrogens (tertiary/aromatic N) is 1. The number of para-hydroxylation sites is 1. The quantitative estimate of drug-likeness (QED) is 0.166. The van der Waals surface area contributed by atoms with Gasteiger partial charge in [0.1, 0.15) is 11.2 Å². The molecule has 2 nitrogen and oxygen atoms in total. The molecule has 0 unspecified atom stereocenters. The largest absolute Gasteiger partial charge is 0.455 e. The zero-order valence-electron chi connectivity index (χ0n) is 37.6. The van der Waals surface area contributed by atoms with Crippen LogP contribution in [-0.2, 0) is 10.8 Å². The molecule has 0 bridgehead atoms. The number of fused-ring (bicyclic) bond motifs is 11. The van der Waals surface area contributed by atoms with Crippen LogP contribution >= 0.6 is 0 Å². The van der Waals surface area contributed by atoms with Gasteiger partial charge >= 0.3 is 0 Å². The fourth-order valence-corrected chi connectivity index (χ4v) is 11.6. The summed E-state index contributed by atoms with van der Waals surface area (Å²) < 4.78 is 6.66. The fourth-order valence-electron chi connectivity index (χ4n) is 11.6. The summed E-state index contributed by atoms with van der Waals surface area (Å²) in [5.74, 6) is 0. The van der Waals surface area contributed by atoms with E-state index in [0.717, 1.165) is 44.4 Å². The van der Waals surface area contributed by atoms with Crippen molar-refractivity contribution in [1.82, 2.24) is 0 Å². The van der Waals surface area contributed by atoms with Crippen molar-refractivity contribution in [3.05, 3.63) is 235 Å². The molecule has 314 valence electrons. The van der Waals surface area contributed by atoms with E-state index in [1.165, 1.54) is 83.3 Å². The van der Waals surface area contributed by atoms with Gasteiger partial charge in [-0.1, -0.05) is 198 Å². The van der Waals surface area contributed by atoms with Crippen LogP contribution in [0.25, 0.3) is 88.3 Å². The molecular weight excluding hydrogens is 799 g/mol. The highest BCUT2D eigenvalue weighted by atomic mass is 16.3. The van der Waals surface area contributed by atoms with E-state index in [2.05, 4.69) is 245 Å². The molecule has 0 fully saturated rings. The lowest BCUT2D eigenvalue weighted by atomic mass is 9.82. The number of benzene rings is 10. The second kappa shape index (κ2) is 14.3. The monoisotopic (exact) mass is 845 g/mol. The summed E-state index contributed by atoms with van der Waals surface area (Å²) in [6.07, 6.45) is 0. The Kier molecular flexibility index (Phi) is 8.33. The van der Waals surface area contributed by atoms with Gasteiger partial charge in [0.05, 0.1) is 0 Å². The molecule has 1 aromatic heterocycles. The molecule has 2 aliphatic rings. The van der Waals surface area contributed by atoms with Crippen LogP contribution in [0.1, 0.15) is 49.9 Å². The summed E-state index contributed by atoms with van der Waals surface area (Å²) in [6.45, 7) is 9.46. The lowest BCUT2D eigenvalue weighted by molar-refractivity contribution is 0.660. The highest BCUT2D eigenvalue weighted by Gasteiger charge is 2.38. The van der Waals surface area contributed by atoms with Gasteiger partial charge in [-0.2, -0.15) is 0 Å². The van der Waals surface area contributed by atoms with Crippen LogP contribution in [0, 0.1) is 0 Å². The highest BCUT2D eigenvalue weighted by molar-refractivity contribution is 6.26. The van der Waals surface area contributed by atoms with Crippen LogP contribution in [0.15, 0.2) is 217 Å². The van der Waals surface area contributed by atoms with Gasteiger partial charge in [0, 0.05) is 49.6 Å². The lowest BCUT2D eigenvalue weighted by Crippen LogP contribution is -2.18. The maximum Gasteiger partial charge on any atom is 0.143 e. The smallest absolute Gasteiger partial charge is 0.143 e. The van der Waals surface area contributed by atoms with Crippen molar-refractivity contribution in [2.45, 2.75) is 38.5 Å². The Balaban J connectivity index is 0.924. The molecule has 0 atom stereocenters. The molecule has 0 spiro atoms. The van der Waals surface area contributed by atoms with E-state index in [4.69, 9.17) is 4.42 Å². The first kappa shape index (κ1) is 38.5. The molecule has 0 radical (unpaired) electrons. The standard InChI is InChI=1S/C64H47NO/c1-63(2)54-23-13-10-18-47(54)49-36-34-45(38-56(49)63)65(46-35-37-50-48-19-11-14-24-55(48)64(3,4)57(50)39-46)44-32-30-41(31-33-44)40-26-28-43(29-27-40)59-51-20-8-9-21-52(51)62-61(53-22-12-15-25-58(53)66-62)60(59)42-16-6-5-7-17-42/h5-39H,1-4H3. The van der Waals surface area contributed by atoms with Gasteiger partial charge in [0.25, 0.3) is 0 Å². The molecule has 1 heterocycles. The Morgan fingerprint density at radius 2 is 0.773 bits per heavy atom. The predicted molar refractivity (Wildman–Crippen MR) is 277 cm³/mol. The van der Waals surface area contributed by atoms with Crippen molar-refractivity contribution in [2.24, 2.45) is 0 Å². The van der Waals surface area contributed by atoms with E-state index >= 15 is 0 Å². The van der Waals surface area contributed by atoms with Crippen molar-refractivity contribution in [2.75, 3.05) is 4.90 Å². The van der Waals surface area contributed by atoms with Crippen LogP contribution in [0.4, 0.5) is 17.1 Å². The zero-order valence-corrected chi connectivity index (χ0v) is 37.6. The van der Waals surface area contributed by atoms with Gasteiger partial charge in [-0.3, -0.25) is 0 Å². The average Bonchev–Trinajstić information content (AvgIpc) is 3.94. The first-order valence-electron chi connectivity index (χ1n) is 23.2. The number of furan rings is 1. The third-order valence-electron chi connectivity index (χ3n) is 14.9. The van der Waals surface area contributed by atoms with Crippen LogP contribution in [0.3, 0.4) is 0 Å². The normalized spacial score (nSPS) is 14.0. The Hall–Kier alpha value is -7.94. The molecule has 2 heteroatoms. The summed E-state index contributed by atoms with van der Waals surface area (Å²) in [5.41, 5.74) is 23.0. The first-order valence-corrected chi connectivity index (χ1v) is 23.2. The number of anilines is 3. The van der Waals surface area contributed by atoms with E-state index in [1.807, 2.05) is 0 Å². The van der Waals surface area contributed by atoms with Crippen LogP contribution in [-0.4, -0.2) is 0 Å². The Bertz CT molecular complexity index is 3630. The third-order valence-corrected chi connectivity index (χ3v) is 14.9. The van der Waals surface area contributed by atoms with Gasteiger partial charge in [-0.25, -0.2) is 0 Å². The lowest BCUT2D eigenvalue weighted by Gasteiger charge is -2.30. The molecule has 0 amide bonds. The second-order valence-electron chi connectivity index (χ2n) is 19.2. The van der Waals surface area contributed by atoms with Gasteiger partial charge in [-0.15, -0.1) is 0 Å². The molecule has 0 saturated carbocycles. The van der Waals surface area contributed by atoms with E-state index < -0.39 is 0 Å². The van der Waals surface area contributed by atoms with E-state index in [1.54, 1.807) is 0 Å². The minimum Gasteiger partial charge on any atom is -0.455 e. The zero-order chi connectivity index (χ0) is 44.3. The first-order chi connectivity index (χ1) is 32.3. The Morgan fingerprint density at radius 3 is 1.38 bits per heavy atom. The minimum atomic E-state index is -0.114. The third kappa shape index (κ3) is 5.61. The molecule has 2 aliphatic carbocycles. The molecule has 0 saturated heterocycles. The summed E-state index contributed by atoms with van der Waals surface area (Å²) >= 11 is 0. The minimum absolute atomic E-state index is 0.114. The molecular formula is C64H47NO. The molecule has 0 N–H and O–H groups in total. The van der Waals surface area contributed by atoms with Crippen molar-refractivity contribution < 1.29 is 4.42 Å². The number of rotatable bonds is 6. The predicted octanol–water partition coefficient (Wildman–Crippen LogP) is 17.8. The number of hydrogen-bond acceptors (Lipinski definition) is 2. The summed E-state index contributed by atoms with van der Waals surface area (Å²) in [4.78, 5) is 2.46. The number of hydrogen-bond donors (Lipinski definition) is 0. The average molecular weight is 846 g/mol. The van der Waals surface area contributed by atoms with E-state index in [0.29, 0.717) is 0 Å². The molecule has 11 aromatic rings. The Morgan fingerprint density at radius 1 is 0.333 bits per heavy atom. The van der Waals surface area contributed by atoms with E-state index in [-0.39, 0.29) is 10.8 Å². The maximum absolute atomic E-state index is 6.66. The van der Waals surface area contributed by atoms with Crippen LogP contribution in [0.5, 0.6) is 0 Å². The van der Waals surface area contributed by atoms with Gasteiger partial charge in [0.2, 0.25) is 0 Å². The highest BCUT2D eigenvalue weighted by Crippen LogP contribution is 2.54. The van der Waals surface area contributed by atoms with Crippen molar-refractivity contribution in [1.29, 1.82) is 0 Å². The fraction of sp³-hybridized carbons (Fsp3) is 0.0938. The van der Waals surface area contributed by atoms with Crippen molar-refractivity contribution in [3.63, 3.8) is 0 Å². The second-order valence-corrected chi connectivity index (χ2v) is 19.2. The van der Waals surface area contributed by atoms with Crippen molar-refractivity contribution in [3.8, 4) is 55.6 Å². The summed E-state index contributed by atoms with van der Waals surface area (Å²) in [7, 11) is 0. The van der Waals surface area contributed by atoms with Gasteiger partial charge in [-0.05, 0) is 120 Å². The molecule has 13 rings (SSSR count). The van der Waals surface area contributed by atoms with Gasteiger partial charge < -0.3 is 9.32 Å². The molecule has 66 heavy (non-hydrogen) atoms. The Labute approximate surface area is 386 Å². The van der Waals surface area contributed by atoms with Crippen molar-refractivity contribution >= 4 is 49.8 Å². The van der Waals surface area contributed by atoms with Crippen LogP contribution < -0.4 is 4.90 Å². The molecule has 10 aromatic carbocycles. The summed E-state index contributed by atoms with van der Waals surface area (Å²) in [6, 6.07) is 78.2.